The third-order valence-corrected chi connectivity index (χ3v) is 7.58. The van der Waals surface area contributed by atoms with Crippen LogP contribution in [0.25, 0.3) is 0 Å². The first-order valence-electron chi connectivity index (χ1n) is 11.8. The molecule has 1 saturated carbocycles. The Bertz CT molecular complexity index is 1130. The second-order valence-electron chi connectivity index (χ2n) is 9.37. The van der Waals surface area contributed by atoms with E-state index in [0.29, 0.717) is 29.1 Å². The molecule has 0 aromatic heterocycles. The van der Waals surface area contributed by atoms with Crippen LogP contribution in [0.15, 0.2) is 70.9 Å². The van der Waals surface area contributed by atoms with E-state index >= 15 is 0 Å². The molecule has 3 atom stereocenters. The molecular weight excluding hydrogens is 434 g/mol. The molecule has 3 unspecified atom stereocenters. The second-order valence-corrected chi connectivity index (χ2v) is 9.78. The zero-order chi connectivity index (χ0) is 22.9. The molecule has 1 heterocycles. The molecule has 170 valence electrons. The lowest BCUT2D eigenvalue weighted by atomic mass is 9.69. The van der Waals surface area contributed by atoms with Crippen LogP contribution < -0.4 is 0 Å². The number of Topliss-reactive ketones (excluding diaryl/α,β-unsaturated/α-hetero) is 1. The zero-order valence-electron chi connectivity index (χ0n) is 18.8. The Morgan fingerprint density at radius 2 is 1.70 bits per heavy atom. The number of nitrogens with zero attached hydrogens (tertiary/aromatic N) is 1. The average Bonchev–Trinajstić information content (AvgIpc) is 3.32. The summed E-state index contributed by atoms with van der Waals surface area (Å²) in [5, 5.41) is 0.556. The van der Waals surface area contributed by atoms with Crippen molar-refractivity contribution in [1.82, 2.24) is 0 Å². The Morgan fingerprint density at radius 1 is 1.00 bits per heavy atom. The van der Waals surface area contributed by atoms with E-state index in [0.717, 1.165) is 42.5 Å². The molecule has 0 saturated heterocycles. The number of ketones is 1. The third kappa shape index (κ3) is 4.29. The third-order valence-electron chi connectivity index (χ3n) is 7.24. The van der Waals surface area contributed by atoms with E-state index in [1.807, 2.05) is 49.4 Å². The van der Waals surface area contributed by atoms with E-state index < -0.39 is 11.8 Å². The van der Waals surface area contributed by atoms with Gasteiger partial charge in [-0.05, 0) is 62.1 Å². The van der Waals surface area contributed by atoms with E-state index in [1.54, 1.807) is 0 Å². The molecule has 33 heavy (non-hydrogen) atoms. The maximum absolute atomic E-state index is 13.6. The van der Waals surface area contributed by atoms with Gasteiger partial charge in [0, 0.05) is 34.3 Å². The van der Waals surface area contributed by atoms with E-state index in [4.69, 9.17) is 21.3 Å². The van der Waals surface area contributed by atoms with Gasteiger partial charge in [-0.25, -0.2) is 0 Å². The minimum atomic E-state index is -0.638. The molecule has 2 aliphatic carbocycles. The first-order chi connectivity index (χ1) is 16.0. The quantitative estimate of drug-likeness (QED) is 0.495. The Labute approximate surface area is 199 Å². The van der Waals surface area contributed by atoms with Gasteiger partial charge in [0.05, 0.1) is 0 Å². The Morgan fingerprint density at radius 3 is 2.42 bits per heavy atom. The molecule has 0 spiro atoms. The average molecular weight is 462 g/mol. The van der Waals surface area contributed by atoms with Crippen molar-refractivity contribution in [2.45, 2.75) is 63.4 Å². The van der Waals surface area contributed by atoms with Crippen molar-refractivity contribution in [1.29, 1.82) is 0 Å². The summed E-state index contributed by atoms with van der Waals surface area (Å²) >= 11 is 6.62. The number of carbonyl (C=O) groups excluding carboxylic acids is 2. The fraction of sp³-hybridized carbons (Fsp3) is 0.393. The first kappa shape index (κ1) is 22.1. The number of hydrogen-bond donors (Lipinski definition) is 0. The molecule has 2 aromatic carbocycles. The topological polar surface area (TPSA) is 55.7 Å². The second kappa shape index (κ2) is 9.26. The highest BCUT2D eigenvalue weighted by Crippen LogP contribution is 2.48. The van der Waals surface area contributed by atoms with Gasteiger partial charge < -0.3 is 4.74 Å². The Hall–Kier alpha value is -2.72. The van der Waals surface area contributed by atoms with Gasteiger partial charge in [0.1, 0.15) is 12.0 Å². The van der Waals surface area contributed by atoms with Gasteiger partial charge in [-0.15, -0.1) is 0 Å². The van der Waals surface area contributed by atoms with Crippen LogP contribution in [-0.4, -0.2) is 23.6 Å². The van der Waals surface area contributed by atoms with Gasteiger partial charge in [0.2, 0.25) is 0 Å². The lowest BCUT2D eigenvalue weighted by Gasteiger charge is -2.37. The lowest BCUT2D eigenvalue weighted by molar-refractivity contribution is -0.151. The highest BCUT2D eigenvalue weighted by molar-refractivity contribution is 6.31. The maximum Gasteiger partial charge on any atom is 0.315 e. The van der Waals surface area contributed by atoms with Crippen LogP contribution in [0.5, 0.6) is 0 Å². The van der Waals surface area contributed by atoms with E-state index in [9.17, 15) is 9.59 Å². The molecule has 0 N–H and O–H groups in total. The first-order valence-corrected chi connectivity index (χ1v) is 12.2. The smallest absolute Gasteiger partial charge is 0.315 e. The largest absolute Gasteiger partial charge is 0.462 e. The number of carbonyl (C=O) groups is 2. The number of benzene rings is 2. The molecule has 5 heteroatoms. The highest BCUT2D eigenvalue weighted by atomic mass is 35.5. The summed E-state index contributed by atoms with van der Waals surface area (Å²) in [5.41, 5.74) is 4.05. The number of hydrogen-bond acceptors (Lipinski definition) is 4. The molecule has 3 aliphatic rings. The number of allylic oxidation sites excluding steroid dienone is 2. The van der Waals surface area contributed by atoms with Gasteiger partial charge in [-0.1, -0.05) is 60.1 Å². The number of esters is 1. The van der Waals surface area contributed by atoms with Gasteiger partial charge in [-0.2, -0.15) is 0 Å². The summed E-state index contributed by atoms with van der Waals surface area (Å²) in [4.78, 5) is 31.9. The van der Waals surface area contributed by atoms with Crippen molar-refractivity contribution in [3.8, 4) is 0 Å². The minimum absolute atomic E-state index is 0.0444. The number of rotatable bonds is 4. The predicted molar refractivity (Wildman–Crippen MR) is 130 cm³/mol. The molecule has 1 fully saturated rings. The minimum Gasteiger partial charge on any atom is -0.462 e. The summed E-state index contributed by atoms with van der Waals surface area (Å²) in [5.74, 6) is -1.27. The molecule has 2 aromatic rings. The highest BCUT2D eigenvalue weighted by Gasteiger charge is 2.45. The van der Waals surface area contributed by atoms with Crippen LogP contribution in [0, 0.1) is 5.92 Å². The van der Waals surface area contributed by atoms with Gasteiger partial charge >= 0.3 is 5.97 Å². The van der Waals surface area contributed by atoms with Crippen LogP contribution in [0.1, 0.15) is 68.4 Å². The summed E-state index contributed by atoms with van der Waals surface area (Å²) < 4.78 is 5.92. The van der Waals surface area contributed by atoms with Crippen LogP contribution in [0.2, 0.25) is 5.02 Å². The van der Waals surface area contributed by atoms with Crippen LogP contribution in [-0.2, 0) is 14.3 Å². The molecular formula is C28H28ClNO3. The lowest BCUT2D eigenvalue weighted by Crippen LogP contribution is -2.39. The fourth-order valence-corrected chi connectivity index (χ4v) is 5.89. The molecule has 0 bridgehead atoms. The van der Waals surface area contributed by atoms with Crippen molar-refractivity contribution in [2.24, 2.45) is 10.9 Å². The van der Waals surface area contributed by atoms with Gasteiger partial charge in [0.15, 0.2) is 5.78 Å². The van der Waals surface area contributed by atoms with Crippen LogP contribution in [0.3, 0.4) is 0 Å². The number of ether oxygens (including phenoxy) is 1. The van der Waals surface area contributed by atoms with Gasteiger partial charge in [-0.3, -0.25) is 14.6 Å². The molecule has 0 amide bonds. The molecule has 5 rings (SSSR count). The van der Waals surface area contributed by atoms with E-state index in [-0.39, 0.29) is 23.8 Å². The summed E-state index contributed by atoms with van der Waals surface area (Å²) in [7, 11) is 0. The zero-order valence-corrected chi connectivity index (χ0v) is 19.6. The van der Waals surface area contributed by atoms with Crippen molar-refractivity contribution >= 4 is 29.1 Å². The monoisotopic (exact) mass is 461 g/mol. The Kier molecular flexibility index (Phi) is 6.20. The van der Waals surface area contributed by atoms with Crippen molar-refractivity contribution in [2.75, 3.05) is 0 Å². The Balaban J connectivity index is 1.56. The fourth-order valence-electron chi connectivity index (χ4n) is 5.63. The van der Waals surface area contributed by atoms with Crippen molar-refractivity contribution < 1.29 is 14.3 Å². The normalized spacial score (nSPS) is 25.6. The number of aliphatic imine (C=N–C) groups is 1. The van der Waals surface area contributed by atoms with E-state index in [1.165, 1.54) is 0 Å². The number of halogens is 1. The SMILES string of the molecule is CC1=NC2=C(C(=O)CC(c3ccccc3)C2)C(c2ccccc2Cl)C1C(=O)OC1CCCC1. The molecule has 4 nitrogen and oxygen atoms in total. The van der Waals surface area contributed by atoms with Crippen LogP contribution >= 0.6 is 11.6 Å². The van der Waals surface area contributed by atoms with Crippen molar-refractivity contribution in [3.05, 3.63) is 82.0 Å². The van der Waals surface area contributed by atoms with Crippen molar-refractivity contribution in [3.63, 3.8) is 0 Å². The molecule has 0 radical (unpaired) electrons. The summed E-state index contributed by atoms with van der Waals surface area (Å²) in [6.45, 7) is 1.88. The molecule has 1 aliphatic heterocycles. The maximum atomic E-state index is 13.6. The van der Waals surface area contributed by atoms with Crippen LogP contribution in [0.4, 0.5) is 0 Å². The summed E-state index contributed by atoms with van der Waals surface area (Å²) in [6, 6.07) is 17.6. The van der Waals surface area contributed by atoms with E-state index in [2.05, 4.69) is 12.1 Å². The predicted octanol–water partition coefficient (Wildman–Crippen LogP) is 6.40. The summed E-state index contributed by atoms with van der Waals surface area (Å²) in [6.07, 6.45) is 5.00. The van der Waals surface area contributed by atoms with Gasteiger partial charge in [0.25, 0.3) is 0 Å². The standard InChI is InChI=1S/C28H28ClNO3/c1-17-25(28(32)33-20-11-5-6-12-20)26(21-13-7-8-14-22(21)29)27-23(30-17)15-19(16-24(27)31)18-9-3-2-4-10-18/h2-4,7-10,13-14,19-20,25-26H,5-6,11-12,15-16H2,1H3.